The molecule has 1 aromatic carbocycles. The lowest BCUT2D eigenvalue weighted by Crippen LogP contribution is -2.39. The first kappa shape index (κ1) is 16.5. The van der Waals surface area contributed by atoms with E-state index in [4.69, 9.17) is 5.73 Å². The van der Waals surface area contributed by atoms with Crippen molar-refractivity contribution in [3.05, 3.63) is 32.7 Å². The first-order valence-corrected chi connectivity index (χ1v) is 9.13. The Bertz CT molecular complexity index is 428. The number of benzene rings is 1. The molecule has 1 saturated heterocycles. The van der Waals surface area contributed by atoms with Gasteiger partial charge in [0.25, 0.3) is 0 Å². The van der Waals surface area contributed by atoms with Crippen LogP contribution in [0.5, 0.6) is 0 Å². The molecule has 0 bridgehead atoms. The van der Waals surface area contributed by atoms with Gasteiger partial charge in [-0.2, -0.15) is 0 Å². The van der Waals surface area contributed by atoms with E-state index in [2.05, 4.69) is 61.9 Å². The summed E-state index contributed by atoms with van der Waals surface area (Å²) in [6, 6.07) is 6.83. The van der Waals surface area contributed by atoms with Crippen LogP contribution in [-0.2, 0) is 0 Å². The van der Waals surface area contributed by atoms with Gasteiger partial charge < -0.3 is 5.73 Å². The van der Waals surface area contributed by atoms with Gasteiger partial charge >= 0.3 is 0 Å². The summed E-state index contributed by atoms with van der Waals surface area (Å²) in [5.74, 6) is 0.923. The average Bonchev–Trinajstić information content (AvgIpc) is 2.46. The minimum atomic E-state index is 0.349. The molecule has 4 heteroatoms. The predicted molar refractivity (Wildman–Crippen MR) is 92.8 cm³/mol. The molecule has 1 atom stereocenters. The van der Waals surface area contributed by atoms with Crippen molar-refractivity contribution in [2.24, 2.45) is 11.7 Å². The van der Waals surface area contributed by atoms with Gasteiger partial charge in [-0.05, 0) is 81.4 Å². The smallest absolute Gasteiger partial charge is 0.0470 e. The van der Waals surface area contributed by atoms with Crippen LogP contribution >= 0.6 is 31.9 Å². The van der Waals surface area contributed by atoms with Gasteiger partial charge in [-0.1, -0.05) is 25.8 Å². The van der Waals surface area contributed by atoms with Crippen LogP contribution in [0.3, 0.4) is 0 Å². The van der Waals surface area contributed by atoms with Crippen molar-refractivity contribution in [3.63, 3.8) is 0 Å². The summed E-state index contributed by atoms with van der Waals surface area (Å²) in [6.45, 7) is 5.33. The summed E-state index contributed by atoms with van der Waals surface area (Å²) in [5, 5.41) is 0. The Hall–Kier alpha value is 0.1000. The minimum Gasteiger partial charge on any atom is -0.329 e. The molecule has 0 amide bonds. The van der Waals surface area contributed by atoms with Gasteiger partial charge in [0.05, 0.1) is 0 Å². The third-order valence-corrected chi connectivity index (χ3v) is 6.22. The molecule has 112 valence electrons. The molecular formula is C16H24Br2N2. The summed E-state index contributed by atoms with van der Waals surface area (Å²) in [4.78, 5) is 2.56. The van der Waals surface area contributed by atoms with Crippen LogP contribution in [0.1, 0.15) is 44.2 Å². The molecule has 1 aliphatic heterocycles. The van der Waals surface area contributed by atoms with E-state index in [-0.39, 0.29) is 0 Å². The molecule has 2 rings (SSSR count). The summed E-state index contributed by atoms with van der Waals surface area (Å²) in [5.41, 5.74) is 7.36. The molecule has 0 saturated carbocycles. The zero-order valence-electron chi connectivity index (χ0n) is 12.1. The summed E-state index contributed by atoms with van der Waals surface area (Å²) >= 11 is 7.12. The number of likely N-dealkylation sites (tertiary alicyclic amines) is 1. The second-order valence-corrected chi connectivity index (χ2v) is 7.40. The zero-order valence-corrected chi connectivity index (χ0v) is 15.3. The van der Waals surface area contributed by atoms with Crippen molar-refractivity contribution < 1.29 is 0 Å². The Morgan fingerprint density at radius 3 is 2.50 bits per heavy atom. The van der Waals surface area contributed by atoms with E-state index in [1.807, 2.05) is 0 Å². The maximum atomic E-state index is 6.05. The molecule has 1 fully saturated rings. The number of nitrogens with two attached hydrogens (primary N) is 1. The average molecular weight is 404 g/mol. The van der Waals surface area contributed by atoms with Gasteiger partial charge in [0, 0.05) is 21.5 Å². The predicted octanol–water partition coefficient (Wildman–Crippen LogP) is 4.72. The highest BCUT2D eigenvalue weighted by Gasteiger charge is 2.25. The highest BCUT2D eigenvalue weighted by atomic mass is 79.9. The van der Waals surface area contributed by atoms with E-state index in [9.17, 15) is 0 Å². The maximum absolute atomic E-state index is 6.05. The molecule has 2 nitrogen and oxygen atoms in total. The molecule has 1 aromatic rings. The van der Waals surface area contributed by atoms with E-state index in [0.717, 1.165) is 14.9 Å². The Balaban J connectivity index is 2.03. The van der Waals surface area contributed by atoms with Gasteiger partial charge in [0.2, 0.25) is 0 Å². The molecule has 0 spiro atoms. The van der Waals surface area contributed by atoms with E-state index in [1.54, 1.807) is 0 Å². The molecule has 0 radical (unpaired) electrons. The quantitative estimate of drug-likeness (QED) is 0.770. The Kier molecular flexibility index (Phi) is 6.53. The van der Waals surface area contributed by atoms with E-state index < -0.39 is 0 Å². The van der Waals surface area contributed by atoms with E-state index in [1.165, 1.54) is 44.3 Å². The monoisotopic (exact) mass is 402 g/mol. The van der Waals surface area contributed by atoms with Gasteiger partial charge in [-0.3, -0.25) is 4.90 Å². The molecule has 0 aromatic heterocycles. The SMILES string of the molecule is CCCC1CCN(C(CN)c2ccc(Br)c(Br)c2)CC1. The van der Waals surface area contributed by atoms with E-state index in [0.29, 0.717) is 12.6 Å². The zero-order chi connectivity index (χ0) is 14.5. The first-order chi connectivity index (χ1) is 9.65. The fraction of sp³-hybridized carbons (Fsp3) is 0.625. The largest absolute Gasteiger partial charge is 0.329 e. The number of nitrogens with zero attached hydrogens (tertiary/aromatic N) is 1. The second-order valence-electron chi connectivity index (χ2n) is 5.69. The van der Waals surface area contributed by atoms with Crippen LogP contribution in [-0.4, -0.2) is 24.5 Å². The number of hydrogen-bond donors (Lipinski definition) is 1. The summed E-state index contributed by atoms with van der Waals surface area (Å²) < 4.78 is 2.20. The van der Waals surface area contributed by atoms with Crippen LogP contribution in [0.4, 0.5) is 0 Å². The van der Waals surface area contributed by atoms with Crippen molar-refractivity contribution in [2.45, 2.75) is 38.6 Å². The highest BCUT2D eigenvalue weighted by molar-refractivity contribution is 9.13. The minimum absolute atomic E-state index is 0.349. The Morgan fingerprint density at radius 2 is 1.95 bits per heavy atom. The van der Waals surface area contributed by atoms with Gasteiger partial charge in [-0.15, -0.1) is 0 Å². The lowest BCUT2D eigenvalue weighted by molar-refractivity contribution is 0.131. The van der Waals surface area contributed by atoms with Crippen LogP contribution in [0.15, 0.2) is 27.1 Å². The topological polar surface area (TPSA) is 29.3 Å². The lowest BCUT2D eigenvalue weighted by atomic mass is 9.91. The van der Waals surface area contributed by atoms with Crippen molar-refractivity contribution in [1.82, 2.24) is 4.90 Å². The second kappa shape index (κ2) is 7.92. The molecule has 0 aliphatic carbocycles. The fourth-order valence-corrected chi connectivity index (χ4v) is 3.82. The van der Waals surface area contributed by atoms with Gasteiger partial charge in [0.1, 0.15) is 0 Å². The third-order valence-electron chi connectivity index (χ3n) is 4.34. The number of hydrogen-bond acceptors (Lipinski definition) is 2. The normalized spacial score (nSPS) is 19.2. The molecular weight excluding hydrogens is 380 g/mol. The Labute approximate surface area is 139 Å². The molecule has 1 heterocycles. The number of halogens is 2. The Morgan fingerprint density at radius 1 is 1.25 bits per heavy atom. The van der Waals surface area contributed by atoms with E-state index >= 15 is 0 Å². The van der Waals surface area contributed by atoms with Crippen LogP contribution in [0.2, 0.25) is 0 Å². The van der Waals surface area contributed by atoms with Crippen LogP contribution in [0.25, 0.3) is 0 Å². The fourth-order valence-electron chi connectivity index (χ4n) is 3.18. The highest BCUT2D eigenvalue weighted by Crippen LogP contribution is 2.31. The number of rotatable bonds is 5. The molecule has 1 unspecified atom stereocenters. The van der Waals surface area contributed by atoms with Crippen molar-refractivity contribution in [2.75, 3.05) is 19.6 Å². The summed E-state index contributed by atoms with van der Waals surface area (Å²) in [7, 11) is 0. The maximum Gasteiger partial charge on any atom is 0.0470 e. The lowest BCUT2D eigenvalue weighted by Gasteiger charge is -2.37. The first-order valence-electron chi connectivity index (χ1n) is 7.54. The molecule has 2 N–H and O–H groups in total. The number of piperidine rings is 1. The summed E-state index contributed by atoms with van der Waals surface area (Å²) in [6.07, 6.45) is 5.33. The third kappa shape index (κ3) is 4.06. The van der Waals surface area contributed by atoms with Crippen molar-refractivity contribution in [1.29, 1.82) is 0 Å². The van der Waals surface area contributed by atoms with Gasteiger partial charge in [-0.25, -0.2) is 0 Å². The van der Waals surface area contributed by atoms with Crippen molar-refractivity contribution >= 4 is 31.9 Å². The molecule has 1 aliphatic rings. The molecule has 20 heavy (non-hydrogen) atoms. The van der Waals surface area contributed by atoms with Gasteiger partial charge in [0.15, 0.2) is 0 Å². The van der Waals surface area contributed by atoms with Crippen molar-refractivity contribution in [3.8, 4) is 0 Å². The van der Waals surface area contributed by atoms with Crippen LogP contribution < -0.4 is 5.73 Å². The van der Waals surface area contributed by atoms with Crippen LogP contribution in [0, 0.1) is 5.92 Å². The standard InChI is InChI=1S/C16H24Br2N2/c1-2-3-12-6-8-20(9-7-12)16(11-19)13-4-5-14(17)15(18)10-13/h4-5,10,12,16H,2-3,6-9,11,19H2,1H3.